The van der Waals surface area contributed by atoms with Crippen LogP contribution in [0.5, 0.6) is 0 Å². The van der Waals surface area contributed by atoms with E-state index in [9.17, 15) is 22.8 Å². The number of rotatable bonds is 4. The molecule has 2 aromatic carbocycles. The number of hydrogen-bond acceptors (Lipinski definition) is 2. The molecule has 0 aromatic heterocycles. The topological polar surface area (TPSA) is 46.2 Å². The molecule has 0 atom stereocenters. The van der Waals surface area contributed by atoms with Crippen LogP contribution in [0.4, 0.5) is 18.9 Å². The lowest BCUT2D eigenvalue weighted by atomic mass is 10.1. The van der Waals surface area contributed by atoms with Crippen molar-refractivity contribution in [3.8, 4) is 0 Å². The predicted molar refractivity (Wildman–Crippen MR) is 80.2 cm³/mol. The molecule has 0 saturated heterocycles. The summed E-state index contributed by atoms with van der Waals surface area (Å²) in [5.74, 6) is -0.522. The fraction of sp³-hybridized carbons (Fsp3) is 0.176. The van der Waals surface area contributed by atoms with Gasteiger partial charge < -0.3 is 5.32 Å². The molecule has 23 heavy (non-hydrogen) atoms. The van der Waals surface area contributed by atoms with Gasteiger partial charge in [0, 0.05) is 11.3 Å². The Morgan fingerprint density at radius 1 is 1.04 bits per heavy atom. The first-order valence-corrected chi connectivity index (χ1v) is 6.83. The van der Waals surface area contributed by atoms with Gasteiger partial charge in [-0.05, 0) is 42.8 Å². The van der Waals surface area contributed by atoms with Gasteiger partial charge >= 0.3 is 6.18 Å². The van der Waals surface area contributed by atoms with Gasteiger partial charge in [-0.2, -0.15) is 13.2 Å². The second-order valence-electron chi connectivity index (χ2n) is 5.06. The van der Waals surface area contributed by atoms with Gasteiger partial charge in [0.05, 0.1) is 12.0 Å². The van der Waals surface area contributed by atoms with E-state index in [-0.39, 0.29) is 17.8 Å². The van der Waals surface area contributed by atoms with E-state index >= 15 is 0 Å². The summed E-state index contributed by atoms with van der Waals surface area (Å²) < 4.78 is 37.9. The van der Waals surface area contributed by atoms with E-state index < -0.39 is 17.6 Å². The SMILES string of the molecule is CC(=O)c1ccc(NC(=O)Cc2cccc(C(F)(F)F)c2)cc1. The molecule has 1 amide bonds. The summed E-state index contributed by atoms with van der Waals surface area (Å²) in [6.07, 6.45) is -4.60. The Labute approximate surface area is 131 Å². The van der Waals surface area contributed by atoms with E-state index in [2.05, 4.69) is 5.32 Å². The highest BCUT2D eigenvalue weighted by Crippen LogP contribution is 2.29. The number of amides is 1. The van der Waals surface area contributed by atoms with E-state index in [0.29, 0.717) is 11.3 Å². The fourth-order valence-corrected chi connectivity index (χ4v) is 2.04. The van der Waals surface area contributed by atoms with E-state index in [1.807, 2.05) is 0 Å². The number of hydrogen-bond donors (Lipinski definition) is 1. The molecule has 2 rings (SSSR count). The fourth-order valence-electron chi connectivity index (χ4n) is 2.04. The van der Waals surface area contributed by atoms with Crippen LogP contribution in [0.1, 0.15) is 28.4 Å². The molecule has 3 nitrogen and oxygen atoms in total. The van der Waals surface area contributed by atoms with Gasteiger partial charge in [-0.1, -0.05) is 18.2 Å². The number of alkyl halides is 3. The maximum Gasteiger partial charge on any atom is 0.416 e. The van der Waals surface area contributed by atoms with Crippen LogP contribution in [0.15, 0.2) is 48.5 Å². The van der Waals surface area contributed by atoms with Gasteiger partial charge in [-0.15, -0.1) is 0 Å². The van der Waals surface area contributed by atoms with E-state index in [4.69, 9.17) is 0 Å². The molecule has 2 aromatic rings. The lowest BCUT2D eigenvalue weighted by Gasteiger charge is -2.09. The molecule has 0 radical (unpaired) electrons. The first kappa shape index (κ1) is 16.7. The van der Waals surface area contributed by atoms with Gasteiger partial charge in [-0.3, -0.25) is 9.59 Å². The van der Waals surface area contributed by atoms with E-state index in [1.54, 1.807) is 24.3 Å². The molecule has 0 aliphatic rings. The second kappa shape index (κ2) is 6.64. The molecular weight excluding hydrogens is 307 g/mol. The molecule has 0 saturated carbocycles. The van der Waals surface area contributed by atoms with Crippen LogP contribution < -0.4 is 5.32 Å². The summed E-state index contributed by atoms with van der Waals surface area (Å²) in [5.41, 5.74) is 0.485. The lowest BCUT2D eigenvalue weighted by molar-refractivity contribution is -0.137. The van der Waals surface area contributed by atoms with Gasteiger partial charge in [-0.25, -0.2) is 0 Å². The Morgan fingerprint density at radius 2 is 1.70 bits per heavy atom. The van der Waals surface area contributed by atoms with Crippen LogP contribution in [0.25, 0.3) is 0 Å². The van der Waals surface area contributed by atoms with Crippen LogP contribution in [-0.4, -0.2) is 11.7 Å². The van der Waals surface area contributed by atoms with Crippen molar-refractivity contribution in [3.63, 3.8) is 0 Å². The Bertz CT molecular complexity index is 721. The summed E-state index contributed by atoms with van der Waals surface area (Å²) in [7, 11) is 0. The van der Waals surface area contributed by atoms with Gasteiger partial charge in [0.1, 0.15) is 0 Å². The molecule has 6 heteroatoms. The summed E-state index contributed by atoms with van der Waals surface area (Å²) >= 11 is 0. The Balaban J connectivity index is 2.03. The number of carbonyl (C=O) groups is 2. The average Bonchev–Trinajstić information content (AvgIpc) is 2.47. The van der Waals surface area contributed by atoms with Crippen molar-refractivity contribution in [2.45, 2.75) is 19.5 Å². The third-order valence-electron chi connectivity index (χ3n) is 3.19. The molecular formula is C17H14F3NO2. The molecule has 1 N–H and O–H groups in total. The average molecular weight is 321 g/mol. The lowest BCUT2D eigenvalue weighted by Crippen LogP contribution is -2.15. The van der Waals surface area contributed by atoms with Crippen molar-refractivity contribution in [2.75, 3.05) is 5.32 Å². The smallest absolute Gasteiger partial charge is 0.326 e. The number of carbonyl (C=O) groups excluding carboxylic acids is 2. The van der Waals surface area contributed by atoms with Crippen molar-refractivity contribution >= 4 is 17.4 Å². The zero-order valence-electron chi connectivity index (χ0n) is 12.3. The Morgan fingerprint density at radius 3 is 2.26 bits per heavy atom. The summed E-state index contributed by atoms with van der Waals surface area (Å²) in [6.45, 7) is 1.43. The first-order valence-electron chi connectivity index (χ1n) is 6.83. The minimum Gasteiger partial charge on any atom is -0.326 e. The van der Waals surface area contributed by atoms with Crippen molar-refractivity contribution in [3.05, 3.63) is 65.2 Å². The highest BCUT2D eigenvalue weighted by atomic mass is 19.4. The molecule has 0 bridgehead atoms. The van der Waals surface area contributed by atoms with Gasteiger partial charge in [0.15, 0.2) is 5.78 Å². The van der Waals surface area contributed by atoms with Crippen LogP contribution in [0.3, 0.4) is 0 Å². The number of Topliss-reactive ketones (excluding diaryl/α,β-unsaturated/α-hetero) is 1. The van der Waals surface area contributed by atoms with Crippen LogP contribution in [-0.2, 0) is 17.4 Å². The van der Waals surface area contributed by atoms with Crippen molar-refractivity contribution < 1.29 is 22.8 Å². The first-order chi connectivity index (χ1) is 10.8. The van der Waals surface area contributed by atoms with Crippen LogP contribution >= 0.6 is 0 Å². The highest BCUT2D eigenvalue weighted by Gasteiger charge is 2.30. The Kier molecular flexibility index (Phi) is 4.83. The highest BCUT2D eigenvalue weighted by molar-refractivity contribution is 5.96. The Hall–Kier alpha value is -2.63. The molecule has 0 aliphatic carbocycles. The molecule has 0 aliphatic heterocycles. The zero-order valence-corrected chi connectivity index (χ0v) is 12.3. The van der Waals surface area contributed by atoms with Crippen LogP contribution in [0, 0.1) is 0 Å². The largest absolute Gasteiger partial charge is 0.416 e. The molecule has 0 unspecified atom stereocenters. The number of anilines is 1. The molecule has 0 heterocycles. The number of benzene rings is 2. The van der Waals surface area contributed by atoms with Crippen LogP contribution in [0.2, 0.25) is 0 Å². The number of ketones is 1. The summed E-state index contributed by atoms with van der Waals surface area (Å²) in [5, 5.41) is 2.58. The summed E-state index contributed by atoms with van der Waals surface area (Å²) in [4.78, 5) is 23.1. The quantitative estimate of drug-likeness (QED) is 0.862. The van der Waals surface area contributed by atoms with Crippen molar-refractivity contribution in [1.29, 1.82) is 0 Å². The van der Waals surface area contributed by atoms with E-state index in [1.165, 1.54) is 19.1 Å². The third kappa shape index (κ3) is 4.67. The normalized spacial score (nSPS) is 11.1. The minimum atomic E-state index is -4.44. The predicted octanol–water partition coefficient (Wildman–Crippen LogP) is 4.09. The molecule has 120 valence electrons. The minimum absolute atomic E-state index is 0.0909. The van der Waals surface area contributed by atoms with Gasteiger partial charge in [0.25, 0.3) is 0 Å². The second-order valence-corrected chi connectivity index (χ2v) is 5.06. The van der Waals surface area contributed by atoms with Crippen molar-refractivity contribution in [2.24, 2.45) is 0 Å². The summed E-state index contributed by atoms with van der Waals surface area (Å²) in [6, 6.07) is 10.9. The monoisotopic (exact) mass is 321 g/mol. The number of nitrogens with one attached hydrogen (secondary N) is 1. The standard InChI is InChI=1S/C17H14F3NO2/c1-11(22)13-5-7-15(8-6-13)21-16(23)10-12-3-2-4-14(9-12)17(18,19)20/h2-9H,10H2,1H3,(H,21,23). The molecule has 0 spiro atoms. The maximum absolute atomic E-state index is 12.6. The van der Waals surface area contributed by atoms with Crippen molar-refractivity contribution in [1.82, 2.24) is 0 Å². The maximum atomic E-state index is 12.6. The number of halogens is 3. The molecule has 0 fully saturated rings. The zero-order chi connectivity index (χ0) is 17.0. The van der Waals surface area contributed by atoms with E-state index in [0.717, 1.165) is 12.1 Å². The van der Waals surface area contributed by atoms with Gasteiger partial charge in [0.2, 0.25) is 5.91 Å². The third-order valence-corrected chi connectivity index (χ3v) is 3.19.